The van der Waals surface area contributed by atoms with E-state index in [-0.39, 0.29) is 0 Å². The maximum atomic E-state index is 5.81. The van der Waals surface area contributed by atoms with Gasteiger partial charge in [0, 0.05) is 0 Å². The molecule has 3 heteroatoms. The van der Waals surface area contributed by atoms with Crippen molar-refractivity contribution in [2.24, 2.45) is 0 Å². The average Bonchev–Trinajstić information content (AvgIpc) is 2.83. The molecule has 0 spiro atoms. The zero-order chi connectivity index (χ0) is 13.9. The van der Waals surface area contributed by atoms with Crippen molar-refractivity contribution in [3.8, 4) is 0 Å². The number of hydrogen-bond donors (Lipinski definition) is 1. The van der Waals surface area contributed by atoms with E-state index < -0.39 is 0 Å². The Bertz CT molecular complexity index is 324. The number of unbranched alkanes of at least 4 members (excludes halogenated alkanes) is 7. The smallest absolute Gasteiger partial charge is 0.193 e. The van der Waals surface area contributed by atoms with E-state index in [1.807, 2.05) is 19.2 Å². The minimum atomic E-state index is 0.299. The van der Waals surface area contributed by atoms with E-state index in [0.717, 1.165) is 12.2 Å². The predicted octanol–water partition coefficient (Wildman–Crippen LogP) is 5.72. The van der Waals surface area contributed by atoms with Crippen molar-refractivity contribution in [1.29, 1.82) is 0 Å². The van der Waals surface area contributed by atoms with Crippen molar-refractivity contribution in [2.45, 2.75) is 70.8 Å². The molecule has 19 heavy (non-hydrogen) atoms. The van der Waals surface area contributed by atoms with Gasteiger partial charge < -0.3 is 9.73 Å². The highest BCUT2D eigenvalue weighted by atomic mass is 35.5. The fourth-order valence-electron chi connectivity index (χ4n) is 2.43. The second kappa shape index (κ2) is 10.3. The largest absolute Gasteiger partial charge is 0.448 e. The second-order valence-corrected chi connectivity index (χ2v) is 5.62. The number of halogens is 1. The van der Waals surface area contributed by atoms with Crippen molar-refractivity contribution in [3.63, 3.8) is 0 Å². The van der Waals surface area contributed by atoms with Crippen LogP contribution in [0.2, 0.25) is 5.22 Å². The fourth-order valence-corrected chi connectivity index (χ4v) is 2.58. The standard InChI is InChI=1S/C16H28ClNO/c1-3-4-5-6-7-8-9-10-11-14(18-2)15-12-13-16(17)19-15/h12-14,18H,3-11H2,1-2H3. The monoisotopic (exact) mass is 285 g/mol. The molecule has 1 aromatic rings. The molecule has 110 valence electrons. The number of hydrogen-bond acceptors (Lipinski definition) is 2. The Morgan fingerprint density at radius 2 is 1.68 bits per heavy atom. The quantitative estimate of drug-likeness (QED) is 0.526. The highest BCUT2D eigenvalue weighted by Gasteiger charge is 2.12. The Hall–Kier alpha value is -0.470. The van der Waals surface area contributed by atoms with E-state index in [1.165, 1.54) is 51.4 Å². The van der Waals surface area contributed by atoms with Crippen LogP contribution in [-0.4, -0.2) is 7.05 Å². The van der Waals surface area contributed by atoms with E-state index in [1.54, 1.807) is 0 Å². The molecule has 0 fully saturated rings. The molecule has 0 bridgehead atoms. The van der Waals surface area contributed by atoms with Gasteiger partial charge in [-0.1, -0.05) is 58.3 Å². The normalized spacial score (nSPS) is 12.8. The van der Waals surface area contributed by atoms with Gasteiger partial charge in [-0.3, -0.25) is 0 Å². The van der Waals surface area contributed by atoms with Crippen LogP contribution in [0.4, 0.5) is 0 Å². The third-order valence-corrected chi connectivity index (χ3v) is 3.84. The van der Waals surface area contributed by atoms with E-state index in [0.29, 0.717) is 11.3 Å². The molecule has 1 unspecified atom stereocenters. The molecular formula is C16H28ClNO. The molecule has 1 heterocycles. The molecule has 1 aromatic heterocycles. The van der Waals surface area contributed by atoms with Gasteiger partial charge in [0.25, 0.3) is 0 Å². The summed E-state index contributed by atoms with van der Waals surface area (Å²) >= 11 is 5.81. The van der Waals surface area contributed by atoms with Gasteiger partial charge in [-0.2, -0.15) is 0 Å². The lowest BCUT2D eigenvalue weighted by atomic mass is 10.0. The van der Waals surface area contributed by atoms with Crippen LogP contribution in [0.1, 0.15) is 76.5 Å². The first-order valence-corrected chi connectivity index (χ1v) is 8.08. The summed E-state index contributed by atoms with van der Waals surface area (Å²) in [6.45, 7) is 2.26. The van der Waals surface area contributed by atoms with Crippen LogP contribution >= 0.6 is 11.6 Å². The third-order valence-electron chi connectivity index (χ3n) is 3.63. The molecule has 2 nitrogen and oxygen atoms in total. The van der Waals surface area contributed by atoms with Crippen LogP contribution < -0.4 is 5.32 Å². The lowest BCUT2D eigenvalue weighted by molar-refractivity contribution is 0.402. The SMILES string of the molecule is CCCCCCCCCCC(NC)c1ccc(Cl)o1. The number of rotatable bonds is 11. The Labute approximate surface area is 122 Å². The molecular weight excluding hydrogens is 258 g/mol. The molecule has 1 N–H and O–H groups in total. The summed E-state index contributed by atoms with van der Waals surface area (Å²) in [5.74, 6) is 0.954. The molecule has 0 radical (unpaired) electrons. The van der Waals surface area contributed by atoms with Crippen molar-refractivity contribution >= 4 is 11.6 Å². The second-order valence-electron chi connectivity index (χ2n) is 5.25. The summed E-state index contributed by atoms with van der Waals surface area (Å²) in [5, 5.41) is 3.78. The van der Waals surface area contributed by atoms with Crippen molar-refractivity contribution < 1.29 is 4.42 Å². The first-order chi connectivity index (χ1) is 9.27. The summed E-state index contributed by atoms with van der Waals surface area (Å²) in [4.78, 5) is 0. The fraction of sp³-hybridized carbons (Fsp3) is 0.750. The maximum absolute atomic E-state index is 5.81. The Morgan fingerprint density at radius 3 is 2.21 bits per heavy atom. The molecule has 1 rings (SSSR count). The Balaban J connectivity index is 2.07. The maximum Gasteiger partial charge on any atom is 0.193 e. The summed E-state index contributed by atoms with van der Waals surface area (Å²) in [6, 6.07) is 4.08. The first-order valence-electron chi connectivity index (χ1n) is 7.70. The molecule has 1 atom stereocenters. The van der Waals surface area contributed by atoms with Gasteiger partial charge in [0.15, 0.2) is 5.22 Å². The summed E-state index contributed by atoms with van der Waals surface area (Å²) in [6.07, 6.45) is 12.0. The average molecular weight is 286 g/mol. The van der Waals surface area contributed by atoms with E-state index in [9.17, 15) is 0 Å². The van der Waals surface area contributed by atoms with Gasteiger partial charge in [0.2, 0.25) is 0 Å². The lowest BCUT2D eigenvalue weighted by Crippen LogP contribution is -2.15. The zero-order valence-corrected chi connectivity index (χ0v) is 13.1. The zero-order valence-electron chi connectivity index (χ0n) is 12.4. The van der Waals surface area contributed by atoms with Gasteiger partial charge in [-0.15, -0.1) is 0 Å². The van der Waals surface area contributed by atoms with Crippen molar-refractivity contribution in [1.82, 2.24) is 5.32 Å². The first kappa shape index (κ1) is 16.6. The molecule has 0 saturated carbocycles. The topological polar surface area (TPSA) is 25.2 Å². The van der Waals surface area contributed by atoms with Crippen LogP contribution in [0.15, 0.2) is 16.5 Å². The summed E-state index contributed by atoms with van der Waals surface area (Å²) in [7, 11) is 1.98. The van der Waals surface area contributed by atoms with Crippen LogP contribution in [0.3, 0.4) is 0 Å². The molecule has 0 aliphatic carbocycles. The minimum absolute atomic E-state index is 0.299. The van der Waals surface area contributed by atoms with Crippen LogP contribution in [0.25, 0.3) is 0 Å². The Morgan fingerprint density at radius 1 is 1.05 bits per heavy atom. The summed E-state index contributed by atoms with van der Waals surface area (Å²) < 4.78 is 5.46. The van der Waals surface area contributed by atoms with Crippen LogP contribution in [0.5, 0.6) is 0 Å². The highest BCUT2D eigenvalue weighted by molar-refractivity contribution is 6.28. The van der Waals surface area contributed by atoms with Gasteiger partial charge in [-0.25, -0.2) is 0 Å². The van der Waals surface area contributed by atoms with Crippen molar-refractivity contribution in [2.75, 3.05) is 7.05 Å². The molecule has 0 aliphatic heterocycles. The molecule has 0 amide bonds. The van der Waals surface area contributed by atoms with E-state index in [2.05, 4.69) is 12.2 Å². The lowest BCUT2D eigenvalue weighted by Gasteiger charge is -2.13. The van der Waals surface area contributed by atoms with Crippen LogP contribution in [-0.2, 0) is 0 Å². The Kier molecular flexibility index (Phi) is 9.02. The van der Waals surface area contributed by atoms with Crippen LogP contribution in [0, 0.1) is 0 Å². The number of furan rings is 1. The minimum Gasteiger partial charge on any atom is -0.448 e. The summed E-state index contributed by atoms with van der Waals surface area (Å²) in [5.41, 5.74) is 0. The van der Waals surface area contributed by atoms with E-state index >= 15 is 0 Å². The van der Waals surface area contributed by atoms with Gasteiger partial charge in [-0.05, 0) is 37.2 Å². The number of nitrogens with one attached hydrogen (secondary N) is 1. The molecule has 0 aromatic carbocycles. The van der Waals surface area contributed by atoms with Gasteiger partial charge >= 0.3 is 0 Å². The van der Waals surface area contributed by atoms with Gasteiger partial charge in [0.05, 0.1) is 6.04 Å². The van der Waals surface area contributed by atoms with Gasteiger partial charge in [0.1, 0.15) is 5.76 Å². The van der Waals surface area contributed by atoms with E-state index in [4.69, 9.17) is 16.0 Å². The molecule has 0 aliphatic rings. The predicted molar refractivity (Wildman–Crippen MR) is 82.7 cm³/mol. The highest BCUT2D eigenvalue weighted by Crippen LogP contribution is 2.24. The van der Waals surface area contributed by atoms with Crippen molar-refractivity contribution in [3.05, 3.63) is 23.1 Å². The molecule has 0 saturated heterocycles. The third kappa shape index (κ3) is 7.03.